The maximum absolute atomic E-state index is 11.9. The molecular formula is C15H17BrN4O2. The molecule has 0 aliphatic heterocycles. The summed E-state index contributed by atoms with van der Waals surface area (Å²) in [5.74, 6) is 0.949. The molecule has 0 spiro atoms. The fourth-order valence-corrected chi connectivity index (χ4v) is 2.00. The van der Waals surface area contributed by atoms with Crippen LogP contribution >= 0.6 is 15.9 Å². The number of methoxy groups -OCH3 is 1. The highest BCUT2D eigenvalue weighted by Gasteiger charge is 2.04. The lowest BCUT2D eigenvalue weighted by molar-refractivity contribution is 0.0953. The molecule has 0 bridgehead atoms. The van der Waals surface area contributed by atoms with Crippen LogP contribution in [-0.4, -0.2) is 36.1 Å². The fraction of sp³-hybridized carbons (Fsp3) is 0.267. The van der Waals surface area contributed by atoms with Crippen LogP contribution in [0.3, 0.4) is 0 Å². The Bertz CT molecular complexity index is 619. The van der Waals surface area contributed by atoms with Crippen LogP contribution in [-0.2, 0) is 0 Å². The first kappa shape index (κ1) is 16.2. The van der Waals surface area contributed by atoms with Crippen molar-refractivity contribution < 1.29 is 9.53 Å². The molecule has 2 aromatic rings. The van der Waals surface area contributed by atoms with Gasteiger partial charge >= 0.3 is 0 Å². The summed E-state index contributed by atoms with van der Waals surface area (Å²) in [6, 6.07) is 8.93. The summed E-state index contributed by atoms with van der Waals surface area (Å²) in [5.41, 5.74) is 0.646. The van der Waals surface area contributed by atoms with Gasteiger partial charge in [-0.15, -0.1) is 0 Å². The SMILES string of the molecule is COc1ccnc(NCCCNC(=O)c2ccc(Br)cc2)n1. The third-order valence-electron chi connectivity index (χ3n) is 2.87. The number of benzene rings is 1. The molecule has 1 aromatic heterocycles. The number of ether oxygens (including phenoxy) is 1. The monoisotopic (exact) mass is 364 g/mol. The van der Waals surface area contributed by atoms with Crippen molar-refractivity contribution in [3.63, 3.8) is 0 Å². The summed E-state index contributed by atoms with van der Waals surface area (Å²) >= 11 is 3.34. The molecular weight excluding hydrogens is 348 g/mol. The number of anilines is 1. The number of amides is 1. The van der Waals surface area contributed by atoms with E-state index in [9.17, 15) is 4.79 Å². The normalized spacial score (nSPS) is 10.1. The first-order valence-electron chi connectivity index (χ1n) is 6.83. The summed E-state index contributed by atoms with van der Waals surface area (Å²) in [4.78, 5) is 20.1. The van der Waals surface area contributed by atoms with E-state index in [0.29, 0.717) is 30.5 Å². The van der Waals surface area contributed by atoms with Gasteiger partial charge in [-0.1, -0.05) is 15.9 Å². The molecule has 0 radical (unpaired) electrons. The maximum Gasteiger partial charge on any atom is 0.251 e. The van der Waals surface area contributed by atoms with E-state index < -0.39 is 0 Å². The third-order valence-corrected chi connectivity index (χ3v) is 3.40. The largest absolute Gasteiger partial charge is 0.481 e. The van der Waals surface area contributed by atoms with Crippen molar-refractivity contribution in [3.8, 4) is 5.88 Å². The number of carbonyl (C=O) groups excluding carboxylic acids is 1. The van der Waals surface area contributed by atoms with E-state index >= 15 is 0 Å². The molecule has 2 N–H and O–H groups in total. The first-order valence-corrected chi connectivity index (χ1v) is 7.63. The summed E-state index contributed by atoms with van der Waals surface area (Å²) in [7, 11) is 1.56. The first-order chi connectivity index (χ1) is 10.7. The van der Waals surface area contributed by atoms with E-state index in [1.54, 1.807) is 31.5 Å². The maximum atomic E-state index is 11.9. The quantitative estimate of drug-likeness (QED) is 0.738. The number of carbonyl (C=O) groups is 1. The predicted octanol–water partition coefficient (Wildman–Crippen LogP) is 2.48. The van der Waals surface area contributed by atoms with Crippen LogP contribution in [0.5, 0.6) is 5.88 Å². The average molecular weight is 365 g/mol. The van der Waals surface area contributed by atoms with Crippen molar-refractivity contribution in [1.29, 1.82) is 0 Å². The molecule has 116 valence electrons. The lowest BCUT2D eigenvalue weighted by Crippen LogP contribution is -2.25. The Balaban J connectivity index is 1.68. The van der Waals surface area contributed by atoms with Gasteiger partial charge in [0.05, 0.1) is 7.11 Å². The molecule has 1 heterocycles. The van der Waals surface area contributed by atoms with E-state index in [-0.39, 0.29) is 5.91 Å². The molecule has 0 aliphatic rings. The fourth-order valence-electron chi connectivity index (χ4n) is 1.73. The van der Waals surface area contributed by atoms with Gasteiger partial charge in [-0.2, -0.15) is 4.98 Å². The summed E-state index contributed by atoms with van der Waals surface area (Å²) in [6.07, 6.45) is 2.40. The number of rotatable bonds is 7. The van der Waals surface area contributed by atoms with Gasteiger partial charge in [0.2, 0.25) is 11.8 Å². The highest BCUT2D eigenvalue weighted by atomic mass is 79.9. The molecule has 0 unspecified atom stereocenters. The lowest BCUT2D eigenvalue weighted by atomic mass is 10.2. The van der Waals surface area contributed by atoms with Crippen LogP contribution in [0.25, 0.3) is 0 Å². The minimum absolute atomic E-state index is 0.0786. The zero-order valence-electron chi connectivity index (χ0n) is 12.2. The molecule has 7 heteroatoms. The molecule has 0 fully saturated rings. The van der Waals surface area contributed by atoms with Crippen LogP contribution < -0.4 is 15.4 Å². The van der Waals surface area contributed by atoms with E-state index in [1.807, 2.05) is 12.1 Å². The van der Waals surface area contributed by atoms with Gasteiger partial charge in [-0.05, 0) is 30.7 Å². The Labute approximate surface area is 137 Å². The molecule has 2 rings (SSSR count). The van der Waals surface area contributed by atoms with E-state index in [0.717, 1.165) is 10.9 Å². The molecule has 6 nitrogen and oxygen atoms in total. The van der Waals surface area contributed by atoms with Crippen LogP contribution in [0, 0.1) is 0 Å². The molecule has 22 heavy (non-hydrogen) atoms. The van der Waals surface area contributed by atoms with Gasteiger partial charge in [0.1, 0.15) is 0 Å². The highest BCUT2D eigenvalue weighted by Crippen LogP contribution is 2.10. The smallest absolute Gasteiger partial charge is 0.251 e. The number of aromatic nitrogens is 2. The van der Waals surface area contributed by atoms with E-state index in [2.05, 4.69) is 36.5 Å². The third kappa shape index (κ3) is 5.00. The number of hydrogen-bond acceptors (Lipinski definition) is 5. The number of nitrogens with zero attached hydrogens (tertiary/aromatic N) is 2. The van der Waals surface area contributed by atoms with Crippen molar-refractivity contribution in [2.75, 3.05) is 25.5 Å². The molecule has 0 saturated carbocycles. The Hall–Kier alpha value is -2.15. The topological polar surface area (TPSA) is 76.1 Å². The lowest BCUT2D eigenvalue weighted by Gasteiger charge is -2.07. The van der Waals surface area contributed by atoms with Gasteiger partial charge < -0.3 is 15.4 Å². The minimum Gasteiger partial charge on any atom is -0.481 e. The van der Waals surface area contributed by atoms with Crippen LogP contribution in [0.15, 0.2) is 41.0 Å². The summed E-state index contributed by atoms with van der Waals surface area (Å²) < 4.78 is 5.97. The second-order valence-electron chi connectivity index (χ2n) is 4.47. The van der Waals surface area contributed by atoms with Crippen molar-refractivity contribution in [3.05, 3.63) is 46.6 Å². The van der Waals surface area contributed by atoms with Crippen molar-refractivity contribution >= 4 is 27.8 Å². The zero-order chi connectivity index (χ0) is 15.8. The Morgan fingerprint density at radius 3 is 2.73 bits per heavy atom. The van der Waals surface area contributed by atoms with Crippen LogP contribution in [0.4, 0.5) is 5.95 Å². The highest BCUT2D eigenvalue weighted by molar-refractivity contribution is 9.10. The van der Waals surface area contributed by atoms with Gasteiger partial charge in [-0.25, -0.2) is 4.98 Å². The second-order valence-corrected chi connectivity index (χ2v) is 5.38. The van der Waals surface area contributed by atoms with Crippen LogP contribution in [0.2, 0.25) is 0 Å². The summed E-state index contributed by atoms with van der Waals surface area (Å²) in [6.45, 7) is 1.24. The standard InChI is InChI=1S/C15H17BrN4O2/c1-22-13-7-10-19-15(20-13)18-9-2-8-17-14(21)11-3-5-12(16)6-4-11/h3-7,10H,2,8-9H2,1H3,(H,17,21)(H,18,19,20). The number of nitrogens with one attached hydrogen (secondary N) is 2. The van der Waals surface area contributed by atoms with Gasteiger partial charge in [-0.3, -0.25) is 4.79 Å². The Morgan fingerprint density at radius 1 is 1.23 bits per heavy atom. The predicted molar refractivity (Wildman–Crippen MR) is 88.2 cm³/mol. The van der Waals surface area contributed by atoms with Crippen molar-refractivity contribution in [2.45, 2.75) is 6.42 Å². The van der Waals surface area contributed by atoms with Crippen molar-refractivity contribution in [2.24, 2.45) is 0 Å². The molecule has 0 atom stereocenters. The van der Waals surface area contributed by atoms with Crippen LogP contribution in [0.1, 0.15) is 16.8 Å². The van der Waals surface area contributed by atoms with Gasteiger partial charge in [0.15, 0.2) is 0 Å². The second kappa shape index (κ2) is 8.33. The molecule has 0 saturated heterocycles. The number of hydrogen-bond donors (Lipinski definition) is 2. The zero-order valence-corrected chi connectivity index (χ0v) is 13.8. The molecule has 1 amide bonds. The molecule has 1 aromatic carbocycles. The number of halogens is 1. The van der Waals surface area contributed by atoms with Crippen molar-refractivity contribution in [1.82, 2.24) is 15.3 Å². The Morgan fingerprint density at radius 2 is 2.00 bits per heavy atom. The molecule has 0 aliphatic carbocycles. The Kier molecular flexibility index (Phi) is 6.14. The van der Waals surface area contributed by atoms with Gasteiger partial charge in [0.25, 0.3) is 5.91 Å². The summed E-state index contributed by atoms with van der Waals surface area (Å²) in [5, 5.41) is 5.95. The average Bonchev–Trinajstić information content (AvgIpc) is 2.55. The van der Waals surface area contributed by atoms with E-state index in [4.69, 9.17) is 4.74 Å². The van der Waals surface area contributed by atoms with E-state index in [1.165, 1.54) is 0 Å². The minimum atomic E-state index is -0.0786. The van der Waals surface area contributed by atoms with Gasteiger partial charge in [0, 0.05) is 35.4 Å².